The Morgan fingerprint density at radius 3 is 2.56 bits per heavy atom. The summed E-state index contributed by atoms with van der Waals surface area (Å²) in [6.45, 7) is 2.25. The lowest BCUT2D eigenvalue weighted by atomic mass is 9.95. The molecular formula is C12H19FN2O3. The summed E-state index contributed by atoms with van der Waals surface area (Å²) < 4.78 is 12.7. The molecule has 6 heteroatoms. The third-order valence-corrected chi connectivity index (χ3v) is 3.23. The van der Waals surface area contributed by atoms with E-state index in [2.05, 4.69) is 0 Å². The first-order valence-electron chi connectivity index (χ1n) is 6.19. The lowest BCUT2D eigenvalue weighted by Gasteiger charge is -2.36. The molecule has 1 heterocycles. The number of nitrogens with one attached hydrogen (secondary N) is 1. The van der Waals surface area contributed by atoms with E-state index in [0.717, 1.165) is 0 Å². The maximum atomic E-state index is 12.7. The minimum absolute atomic E-state index is 0.0479. The number of likely N-dealkylation sites (tertiary alicyclic amines) is 1. The molecule has 1 rings (SSSR count). The molecule has 0 spiro atoms. The number of amides is 1. The Morgan fingerprint density at radius 1 is 1.50 bits per heavy atom. The van der Waals surface area contributed by atoms with Crippen LogP contribution >= 0.6 is 0 Å². The number of nitrogens with zero attached hydrogens (tertiary/aromatic N) is 1. The van der Waals surface area contributed by atoms with Gasteiger partial charge in [0.25, 0.3) is 0 Å². The number of hydrogen-bond donors (Lipinski definition) is 2. The number of hydrogen-bond acceptors (Lipinski definition) is 3. The summed E-state index contributed by atoms with van der Waals surface area (Å²) in [5.74, 6) is -1.44. The SMILES string of the molecule is CCC(CCCC(=N)C(=O)O)C(=O)N1CC(F)C1. The maximum Gasteiger partial charge on any atom is 0.349 e. The molecule has 0 radical (unpaired) electrons. The largest absolute Gasteiger partial charge is 0.477 e. The van der Waals surface area contributed by atoms with Crippen molar-refractivity contribution in [1.82, 2.24) is 4.90 Å². The highest BCUT2D eigenvalue weighted by atomic mass is 19.1. The highest BCUT2D eigenvalue weighted by Gasteiger charge is 2.33. The second-order valence-electron chi connectivity index (χ2n) is 4.62. The highest BCUT2D eigenvalue weighted by molar-refractivity contribution is 6.34. The predicted molar refractivity (Wildman–Crippen MR) is 64.5 cm³/mol. The Hall–Kier alpha value is -1.46. The smallest absolute Gasteiger partial charge is 0.349 e. The first-order valence-corrected chi connectivity index (χ1v) is 6.19. The molecule has 2 N–H and O–H groups in total. The molecule has 0 saturated carbocycles. The molecule has 102 valence electrons. The van der Waals surface area contributed by atoms with Crippen LogP contribution < -0.4 is 0 Å². The second kappa shape index (κ2) is 6.47. The summed E-state index contributed by atoms with van der Waals surface area (Å²) in [7, 11) is 0. The number of carboxylic acid groups (broad SMARTS) is 1. The summed E-state index contributed by atoms with van der Waals surface area (Å²) in [6, 6.07) is 0. The average Bonchev–Trinajstić information content (AvgIpc) is 2.29. The summed E-state index contributed by atoms with van der Waals surface area (Å²) >= 11 is 0. The van der Waals surface area contributed by atoms with Gasteiger partial charge in [-0.1, -0.05) is 6.92 Å². The topological polar surface area (TPSA) is 81.5 Å². The van der Waals surface area contributed by atoms with Crippen LogP contribution in [-0.2, 0) is 9.59 Å². The van der Waals surface area contributed by atoms with Crippen molar-refractivity contribution < 1.29 is 19.1 Å². The van der Waals surface area contributed by atoms with E-state index in [0.29, 0.717) is 19.3 Å². The Kier molecular flexibility index (Phi) is 5.25. The van der Waals surface area contributed by atoms with E-state index < -0.39 is 12.1 Å². The van der Waals surface area contributed by atoms with Crippen LogP contribution in [0, 0.1) is 11.3 Å². The summed E-state index contributed by atoms with van der Waals surface area (Å²) in [5, 5.41) is 15.7. The van der Waals surface area contributed by atoms with Gasteiger partial charge in [0, 0.05) is 5.92 Å². The number of rotatable bonds is 7. The zero-order valence-corrected chi connectivity index (χ0v) is 10.5. The Bertz CT molecular complexity index is 340. The number of carboxylic acids is 1. The minimum atomic E-state index is -1.21. The zero-order valence-electron chi connectivity index (χ0n) is 10.5. The van der Waals surface area contributed by atoms with Crippen molar-refractivity contribution in [2.45, 2.75) is 38.8 Å². The van der Waals surface area contributed by atoms with E-state index in [4.69, 9.17) is 10.5 Å². The number of halogens is 1. The third-order valence-electron chi connectivity index (χ3n) is 3.23. The Morgan fingerprint density at radius 2 is 2.11 bits per heavy atom. The van der Waals surface area contributed by atoms with Crippen LogP contribution in [0.3, 0.4) is 0 Å². The molecular weight excluding hydrogens is 239 g/mol. The van der Waals surface area contributed by atoms with Crippen LogP contribution in [0.15, 0.2) is 0 Å². The van der Waals surface area contributed by atoms with Gasteiger partial charge in [0.2, 0.25) is 5.91 Å². The van der Waals surface area contributed by atoms with Gasteiger partial charge in [-0.2, -0.15) is 0 Å². The maximum absolute atomic E-state index is 12.7. The molecule has 1 saturated heterocycles. The van der Waals surface area contributed by atoms with Gasteiger partial charge in [-0.3, -0.25) is 10.2 Å². The van der Waals surface area contributed by atoms with Gasteiger partial charge in [0.15, 0.2) is 0 Å². The fourth-order valence-electron chi connectivity index (χ4n) is 2.00. The molecule has 1 amide bonds. The number of alkyl halides is 1. The molecule has 1 aliphatic rings. The molecule has 1 atom stereocenters. The molecule has 1 unspecified atom stereocenters. The summed E-state index contributed by atoms with van der Waals surface area (Å²) in [5.41, 5.74) is -0.329. The molecule has 5 nitrogen and oxygen atoms in total. The van der Waals surface area contributed by atoms with E-state index in [-0.39, 0.29) is 37.0 Å². The standard InChI is InChI=1S/C12H19FN2O3/c1-2-8(4-3-5-10(14)12(17)18)11(16)15-6-9(13)7-15/h8-9,14H,2-7H2,1H3,(H,17,18). The molecule has 1 aliphatic heterocycles. The first kappa shape index (κ1) is 14.6. The van der Waals surface area contributed by atoms with Gasteiger partial charge in [-0.05, 0) is 25.7 Å². The molecule has 0 aromatic rings. The lowest BCUT2D eigenvalue weighted by Crippen LogP contribution is -2.53. The quantitative estimate of drug-likeness (QED) is 0.678. The summed E-state index contributed by atoms with van der Waals surface area (Å²) in [6.07, 6.45) is 0.991. The highest BCUT2D eigenvalue weighted by Crippen LogP contribution is 2.21. The van der Waals surface area contributed by atoms with Crippen molar-refractivity contribution >= 4 is 17.6 Å². The van der Waals surface area contributed by atoms with Crippen LogP contribution in [0.2, 0.25) is 0 Å². The van der Waals surface area contributed by atoms with Crippen molar-refractivity contribution in [1.29, 1.82) is 5.41 Å². The van der Waals surface area contributed by atoms with E-state index in [9.17, 15) is 14.0 Å². The normalized spacial score (nSPS) is 17.1. The van der Waals surface area contributed by atoms with Crippen LogP contribution in [-0.4, -0.2) is 46.9 Å². The Labute approximate surface area is 105 Å². The van der Waals surface area contributed by atoms with Gasteiger partial charge >= 0.3 is 5.97 Å². The lowest BCUT2D eigenvalue weighted by molar-refractivity contribution is -0.143. The van der Waals surface area contributed by atoms with Gasteiger partial charge in [-0.15, -0.1) is 0 Å². The molecule has 1 fully saturated rings. The van der Waals surface area contributed by atoms with E-state index in [1.54, 1.807) is 0 Å². The number of carbonyl (C=O) groups excluding carboxylic acids is 1. The first-order chi connectivity index (χ1) is 8.45. The van der Waals surface area contributed by atoms with E-state index in [1.165, 1.54) is 4.90 Å². The van der Waals surface area contributed by atoms with Crippen molar-refractivity contribution in [3.63, 3.8) is 0 Å². The zero-order chi connectivity index (χ0) is 13.7. The van der Waals surface area contributed by atoms with Crippen LogP contribution in [0.4, 0.5) is 4.39 Å². The van der Waals surface area contributed by atoms with Gasteiger partial charge in [0.1, 0.15) is 11.9 Å². The van der Waals surface area contributed by atoms with Crippen molar-refractivity contribution in [3.8, 4) is 0 Å². The van der Waals surface area contributed by atoms with Crippen molar-refractivity contribution in [3.05, 3.63) is 0 Å². The van der Waals surface area contributed by atoms with Gasteiger partial charge in [-0.25, -0.2) is 9.18 Å². The van der Waals surface area contributed by atoms with Crippen LogP contribution in [0.5, 0.6) is 0 Å². The second-order valence-corrected chi connectivity index (χ2v) is 4.62. The third kappa shape index (κ3) is 3.78. The van der Waals surface area contributed by atoms with Crippen molar-refractivity contribution in [2.75, 3.05) is 13.1 Å². The molecule has 0 aromatic heterocycles. The van der Waals surface area contributed by atoms with Gasteiger partial charge in [0.05, 0.1) is 13.1 Å². The minimum Gasteiger partial charge on any atom is -0.477 e. The molecule has 18 heavy (non-hydrogen) atoms. The summed E-state index contributed by atoms with van der Waals surface area (Å²) in [4.78, 5) is 23.8. The molecule has 0 bridgehead atoms. The monoisotopic (exact) mass is 258 g/mol. The molecule has 0 aromatic carbocycles. The van der Waals surface area contributed by atoms with Crippen molar-refractivity contribution in [2.24, 2.45) is 5.92 Å². The average molecular weight is 258 g/mol. The number of carbonyl (C=O) groups is 2. The van der Waals surface area contributed by atoms with Crippen LogP contribution in [0.1, 0.15) is 32.6 Å². The Balaban J connectivity index is 2.31. The number of aliphatic carboxylic acids is 1. The predicted octanol–water partition coefficient (Wildman–Crippen LogP) is 1.47. The van der Waals surface area contributed by atoms with Crippen LogP contribution in [0.25, 0.3) is 0 Å². The van der Waals surface area contributed by atoms with E-state index in [1.807, 2.05) is 6.92 Å². The fourth-order valence-corrected chi connectivity index (χ4v) is 2.00. The van der Waals surface area contributed by atoms with E-state index >= 15 is 0 Å². The fraction of sp³-hybridized carbons (Fsp3) is 0.750. The van der Waals surface area contributed by atoms with Gasteiger partial charge < -0.3 is 10.0 Å². The molecule has 0 aliphatic carbocycles.